The van der Waals surface area contributed by atoms with E-state index >= 15 is 0 Å². The van der Waals surface area contributed by atoms with Gasteiger partial charge in [-0.15, -0.1) is 10.2 Å². The van der Waals surface area contributed by atoms with Crippen molar-refractivity contribution in [1.29, 1.82) is 0 Å². The summed E-state index contributed by atoms with van der Waals surface area (Å²) in [4.78, 5) is 13.4. The molecule has 0 bridgehead atoms. The average Bonchev–Trinajstić information content (AvgIpc) is 3.00. The predicted octanol–water partition coefficient (Wildman–Crippen LogP) is -0.0479. The number of aryl methyl sites for hydroxylation is 1. The second kappa shape index (κ2) is 5.08. The first-order chi connectivity index (χ1) is 9.97. The van der Waals surface area contributed by atoms with Gasteiger partial charge in [0.15, 0.2) is 5.82 Å². The highest BCUT2D eigenvalue weighted by molar-refractivity contribution is 7.89. The number of fused-ring (bicyclic) bond motifs is 1. The molecule has 0 saturated heterocycles. The molecule has 2 aromatic heterocycles. The van der Waals surface area contributed by atoms with Crippen molar-refractivity contribution in [2.75, 3.05) is 0 Å². The Morgan fingerprint density at radius 2 is 2.19 bits per heavy atom. The molecule has 2 N–H and O–H groups in total. The molecule has 9 heteroatoms. The minimum atomic E-state index is -3.72. The topological polar surface area (TPSA) is 110 Å². The molecule has 1 atom stereocenters. The lowest BCUT2D eigenvalue weighted by Crippen LogP contribution is -2.29. The first kappa shape index (κ1) is 14.0. The van der Waals surface area contributed by atoms with Crippen LogP contribution in [0.1, 0.15) is 31.0 Å². The highest BCUT2D eigenvalue weighted by Gasteiger charge is 2.25. The number of aromatic nitrogens is 4. The average molecular weight is 309 g/mol. The molecule has 0 aromatic carbocycles. The molecule has 0 amide bonds. The Balaban J connectivity index is 1.85. The van der Waals surface area contributed by atoms with E-state index in [9.17, 15) is 13.2 Å². The van der Waals surface area contributed by atoms with Crippen LogP contribution >= 0.6 is 0 Å². The fourth-order valence-corrected chi connectivity index (χ4v) is 3.58. The Kier molecular flexibility index (Phi) is 3.38. The lowest BCUT2D eigenvalue weighted by atomic mass is 10.3. The molecular formula is C12H15N5O3S. The molecule has 21 heavy (non-hydrogen) atoms. The van der Waals surface area contributed by atoms with Crippen molar-refractivity contribution in [2.24, 2.45) is 0 Å². The van der Waals surface area contributed by atoms with Crippen LogP contribution in [0.2, 0.25) is 0 Å². The maximum absolute atomic E-state index is 12.3. The molecule has 112 valence electrons. The Bertz CT molecular complexity index is 803. The van der Waals surface area contributed by atoms with Crippen LogP contribution in [-0.4, -0.2) is 28.2 Å². The van der Waals surface area contributed by atoms with Gasteiger partial charge in [-0.05, 0) is 19.4 Å². The lowest BCUT2D eigenvalue weighted by molar-refractivity contribution is 0.546. The number of sulfonamides is 1. The number of hydrogen-bond donors (Lipinski definition) is 2. The zero-order valence-electron chi connectivity index (χ0n) is 11.4. The molecule has 0 saturated carbocycles. The molecule has 0 aliphatic carbocycles. The summed E-state index contributed by atoms with van der Waals surface area (Å²) in [5.41, 5.74) is -0.350. The predicted molar refractivity (Wildman–Crippen MR) is 74.1 cm³/mol. The molecule has 1 aliphatic rings. The summed E-state index contributed by atoms with van der Waals surface area (Å²) >= 11 is 0. The van der Waals surface area contributed by atoms with Gasteiger partial charge in [0.25, 0.3) is 0 Å². The largest absolute Gasteiger partial charge is 0.328 e. The third-order valence-corrected chi connectivity index (χ3v) is 4.96. The summed E-state index contributed by atoms with van der Waals surface area (Å²) in [5, 5.41) is 8.12. The summed E-state index contributed by atoms with van der Waals surface area (Å²) in [7, 11) is -3.72. The van der Waals surface area contributed by atoms with Gasteiger partial charge in [0.2, 0.25) is 15.6 Å². The van der Waals surface area contributed by atoms with Gasteiger partial charge in [0.05, 0.1) is 10.9 Å². The van der Waals surface area contributed by atoms with Crippen LogP contribution in [0.15, 0.2) is 28.0 Å². The maximum atomic E-state index is 12.3. The highest BCUT2D eigenvalue weighted by Crippen LogP contribution is 2.20. The van der Waals surface area contributed by atoms with Crippen LogP contribution in [0.25, 0.3) is 0 Å². The third kappa shape index (κ3) is 2.61. The van der Waals surface area contributed by atoms with Gasteiger partial charge >= 0.3 is 0 Å². The first-order valence-corrected chi connectivity index (χ1v) is 8.09. The minimum absolute atomic E-state index is 0.00936. The van der Waals surface area contributed by atoms with Crippen molar-refractivity contribution >= 4 is 10.0 Å². The monoisotopic (exact) mass is 309 g/mol. The van der Waals surface area contributed by atoms with Crippen LogP contribution in [0.4, 0.5) is 0 Å². The Hall–Kier alpha value is -2.00. The zero-order chi connectivity index (χ0) is 15.0. The van der Waals surface area contributed by atoms with Crippen LogP contribution in [0, 0.1) is 0 Å². The number of rotatable bonds is 4. The number of aromatic amines is 1. The summed E-state index contributed by atoms with van der Waals surface area (Å²) < 4.78 is 29.0. The van der Waals surface area contributed by atoms with Gasteiger partial charge in [-0.25, -0.2) is 13.1 Å². The van der Waals surface area contributed by atoms with E-state index in [-0.39, 0.29) is 10.5 Å². The fourth-order valence-electron chi connectivity index (χ4n) is 2.41. The van der Waals surface area contributed by atoms with E-state index in [1.807, 2.05) is 4.57 Å². The SMILES string of the molecule is CC(NS(=O)(=O)c1ccc(=O)[nH]c1)c1nnc2n1CCC2. The second-order valence-corrected chi connectivity index (χ2v) is 6.68. The molecule has 0 spiro atoms. The molecule has 1 unspecified atom stereocenters. The molecule has 2 aromatic rings. The molecule has 1 aliphatic heterocycles. The van der Waals surface area contributed by atoms with Crippen molar-refractivity contribution in [1.82, 2.24) is 24.5 Å². The maximum Gasteiger partial charge on any atom is 0.247 e. The van der Waals surface area contributed by atoms with Crippen molar-refractivity contribution in [3.8, 4) is 0 Å². The van der Waals surface area contributed by atoms with Gasteiger partial charge in [-0.3, -0.25) is 4.79 Å². The third-order valence-electron chi connectivity index (χ3n) is 3.42. The molecule has 3 heterocycles. The number of hydrogen-bond acceptors (Lipinski definition) is 5. The van der Waals surface area contributed by atoms with Crippen molar-refractivity contribution < 1.29 is 8.42 Å². The quantitative estimate of drug-likeness (QED) is 0.823. The smallest absolute Gasteiger partial charge is 0.247 e. The van der Waals surface area contributed by atoms with Gasteiger partial charge in [-0.2, -0.15) is 0 Å². The fraction of sp³-hybridized carbons (Fsp3) is 0.417. The van der Waals surface area contributed by atoms with E-state index in [4.69, 9.17) is 0 Å². The molecule has 3 rings (SSSR count). The first-order valence-electron chi connectivity index (χ1n) is 6.60. The summed E-state index contributed by atoms with van der Waals surface area (Å²) in [5.74, 6) is 1.50. The van der Waals surface area contributed by atoms with E-state index in [2.05, 4.69) is 19.9 Å². The van der Waals surface area contributed by atoms with E-state index in [0.29, 0.717) is 5.82 Å². The normalized spacial score (nSPS) is 15.9. The number of nitrogens with zero attached hydrogens (tertiary/aromatic N) is 3. The summed E-state index contributed by atoms with van der Waals surface area (Å²) in [6, 6.07) is 1.94. The molecule has 0 fully saturated rings. The molecular weight excluding hydrogens is 294 g/mol. The van der Waals surface area contributed by atoms with Gasteiger partial charge in [0, 0.05) is 25.2 Å². The van der Waals surface area contributed by atoms with Gasteiger partial charge in [0.1, 0.15) is 5.82 Å². The van der Waals surface area contributed by atoms with Crippen molar-refractivity contribution in [2.45, 2.75) is 37.2 Å². The Labute approximate surface area is 121 Å². The molecule has 0 radical (unpaired) electrons. The zero-order valence-corrected chi connectivity index (χ0v) is 12.2. The van der Waals surface area contributed by atoms with E-state index in [1.54, 1.807) is 6.92 Å². The summed E-state index contributed by atoms with van der Waals surface area (Å²) in [6.45, 7) is 2.53. The number of nitrogens with one attached hydrogen (secondary N) is 2. The van der Waals surface area contributed by atoms with E-state index in [0.717, 1.165) is 25.2 Å². The van der Waals surface area contributed by atoms with Gasteiger partial charge < -0.3 is 9.55 Å². The molecule has 8 nitrogen and oxygen atoms in total. The van der Waals surface area contributed by atoms with E-state index < -0.39 is 16.1 Å². The highest BCUT2D eigenvalue weighted by atomic mass is 32.2. The number of pyridine rings is 1. The van der Waals surface area contributed by atoms with Crippen molar-refractivity contribution in [3.63, 3.8) is 0 Å². The van der Waals surface area contributed by atoms with Crippen LogP contribution in [0.5, 0.6) is 0 Å². The lowest BCUT2D eigenvalue weighted by Gasteiger charge is -2.14. The van der Waals surface area contributed by atoms with Crippen LogP contribution in [0.3, 0.4) is 0 Å². The van der Waals surface area contributed by atoms with Crippen LogP contribution < -0.4 is 10.3 Å². The van der Waals surface area contributed by atoms with Crippen molar-refractivity contribution in [3.05, 3.63) is 40.3 Å². The Morgan fingerprint density at radius 3 is 2.90 bits per heavy atom. The second-order valence-electron chi connectivity index (χ2n) is 4.96. The minimum Gasteiger partial charge on any atom is -0.328 e. The standard InChI is InChI=1S/C12H15N5O3S/c1-8(12-15-14-10-3-2-6-17(10)12)16-21(19,20)9-4-5-11(18)13-7-9/h4-5,7-8,16H,2-3,6H2,1H3,(H,13,18). The Morgan fingerprint density at radius 1 is 1.38 bits per heavy atom. The van der Waals surface area contributed by atoms with Gasteiger partial charge in [-0.1, -0.05) is 0 Å². The van der Waals surface area contributed by atoms with E-state index in [1.165, 1.54) is 18.3 Å². The number of H-pyrrole nitrogens is 1. The van der Waals surface area contributed by atoms with Crippen LogP contribution in [-0.2, 0) is 23.0 Å². The summed E-state index contributed by atoms with van der Waals surface area (Å²) in [6.07, 6.45) is 3.04.